The molecule has 0 bridgehead atoms. The number of esters is 1. The van der Waals surface area contributed by atoms with Crippen LogP contribution < -0.4 is 0 Å². The number of rotatable bonds is 2. The van der Waals surface area contributed by atoms with Crippen molar-refractivity contribution in [1.82, 2.24) is 0 Å². The summed E-state index contributed by atoms with van der Waals surface area (Å²) in [6, 6.07) is 0. The summed E-state index contributed by atoms with van der Waals surface area (Å²) < 4.78 is 4.88. The van der Waals surface area contributed by atoms with Gasteiger partial charge < -0.3 is 9.84 Å². The summed E-state index contributed by atoms with van der Waals surface area (Å²) in [6.45, 7) is 1.89. The second-order valence-corrected chi connectivity index (χ2v) is 3.49. The lowest BCUT2D eigenvalue weighted by Crippen LogP contribution is -2.23. The Hall–Kier alpha value is -0.570. The number of carbonyl (C=O) groups excluding carboxylic acids is 1. The molecule has 1 rings (SSSR count). The van der Waals surface area contributed by atoms with Gasteiger partial charge in [0.1, 0.15) is 0 Å². The van der Waals surface area contributed by atoms with Crippen LogP contribution in [-0.4, -0.2) is 23.8 Å². The first-order valence-electron chi connectivity index (χ1n) is 4.50. The molecule has 1 aliphatic carbocycles. The summed E-state index contributed by atoms with van der Waals surface area (Å²) in [7, 11) is 0. The number of aliphatic hydroxyl groups excluding tert-OH is 1. The van der Waals surface area contributed by atoms with Crippen LogP contribution >= 0.6 is 0 Å². The zero-order valence-electron chi connectivity index (χ0n) is 7.45. The fourth-order valence-electron chi connectivity index (χ4n) is 1.65. The van der Waals surface area contributed by atoms with E-state index in [2.05, 4.69) is 0 Å². The highest BCUT2D eigenvalue weighted by Crippen LogP contribution is 2.24. The fourth-order valence-corrected chi connectivity index (χ4v) is 1.65. The van der Waals surface area contributed by atoms with Gasteiger partial charge in [-0.15, -0.1) is 0 Å². The molecule has 0 spiro atoms. The molecule has 2 atom stereocenters. The molecule has 0 saturated heterocycles. The van der Waals surface area contributed by atoms with Crippen LogP contribution in [0.15, 0.2) is 0 Å². The van der Waals surface area contributed by atoms with E-state index in [0.29, 0.717) is 12.5 Å². The molecule has 1 aliphatic rings. The van der Waals surface area contributed by atoms with E-state index in [-0.39, 0.29) is 12.1 Å². The Balaban J connectivity index is 2.18. The Bertz CT molecular complexity index is 156. The van der Waals surface area contributed by atoms with E-state index >= 15 is 0 Å². The molecule has 3 heteroatoms. The van der Waals surface area contributed by atoms with Crippen LogP contribution in [0.4, 0.5) is 0 Å². The summed E-state index contributed by atoms with van der Waals surface area (Å²) >= 11 is 0. The van der Waals surface area contributed by atoms with E-state index in [4.69, 9.17) is 4.74 Å². The van der Waals surface area contributed by atoms with Crippen LogP contribution in [0.3, 0.4) is 0 Å². The molecule has 1 fully saturated rings. The summed E-state index contributed by atoms with van der Waals surface area (Å²) in [5.41, 5.74) is 0. The van der Waals surface area contributed by atoms with E-state index < -0.39 is 0 Å². The van der Waals surface area contributed by atoms with Crippen molar-refractivity contribution in [3.05, 3.63) is 0 Å². The molecule has 0 radical (unpaired) electrons. The van der Waals surface area contributed by atoms with Crippen molar-refractivity contribution < 1.29 is 14.6 Å². The van der Waals surface area contributed by atoms with Crippen molar-refractivity contribution in [1.29, 1.82) is 0 Å². The highest BCUT2D eigenvalue weighted by Gasteiger charge is 2.20. The van der Waals surface area contributed by atoms with Gasteiger partial charge in [-0.25, -0.2) is 0 Å². The molecule has 1 saturated carbocycles. The second kappa shape index (κ2) is 4.45. The zero-order valence-corrected chi connectivity index (χ0v) is 7.45. The van der Waals surface area contributed by atoms with Gasteiger partial charge in [0.25, 0.3) is 0 Å². The van der Waals surface area contributed by atoms with Crippen molar-refractivity contribution in [2.45, 2.75) is 38.7 Å². The maximum absolute atomic E-state index is 10.5. The lowest BCUT2D eigenvalue weighted by atomic mass is 9.88. The Kier molecular flexibility index (Phi) is 3.53. The predicted octanol–water partition coefficient (Wildman–Crippen LogP) is 1.10. The first-order chi connectivity index (χ1) is 5.68. The van der Waals surface area contributed by atoms with Gasteiger partial charge in [-0.3, -0.25) is 4.79 Å². The maximum atomic E-state index is 10.5. The molecule has 0 aliphatic heterocycles. The van der Waals surface area contributed by atoms with Crippen molar-refractivity contribution in [3.63, 3.8) is 0 Å². The summed E-state index contributed by atoms with van der Waals surface area (Å²) in [4.78, 5) is 10.5. The third kappa shape index (κ3) is 3.22. The highest BCUT2D eigenvalue weighted by atomic mass is 16.5. The van der Waals surface area contributed by atoms with E-state index in [0.717, 1.165) is 25.7 Å². The van der Waals surface area contributed by atoms with Gasteiger partial charge in [0.05, 0.1) is 12.7 Å². The molecular formula is C9H16O3. The van der Waals surface area contributed by atoms with Crippen LogP contribution in [0.1, 0.15) is 32.6 Å². The van der Waals surface area contributed by atoms with Crippen molar-refractivity contribution in [2.75, 3.05) is 6.61 Å². The normalized spacial score (nSPS) is 29.8. The van der Waals surface area contributed by atoms with Gasteiger partial charge in [-0.1, -0.05) is 6.42 Å². The fraction of sp³-hybridized carbons (Fsp3) is 0.889. The first kappa shape index (κ1) is 9.52. The molecule has 0 heterocycles. The quantitative estimate of drug-likeness (QED) is 0.634. The highest BCUT2D eigenvalue weighted by molar-refractivity contribution is 5.65. The van der Waals surface area contributed by atoms with Crippen LogP contribution in [0.25, 0.3) is 0 Å². The van der Waals surface area contributed by atoms with Gasteiger partial charge in [0, 0.05) is 6.92 Å². The SMILES string of the molecule is CC(=O)OC[C@H]1CCC[C@@H](O)C1. The summed E-state index contributed by atoms with van der Waals surface area (Å²) in [5.74, 6) is 0.146. The topological polar surface area (TPSA) is 46.5 Å². The molecule has 0 amide bonds. The number of ether oxygens (including phenoxy) is 1. The minimum Gasteiger partial charge on any atom is -0.466 e. The lowest BCUT2D eigenvalue weighted by molar-refractivity contribution is -0.143. The van der Waals surface area contributed by atoms with Crippen LogP contribution in [0, 0.1) is 5.92 Å². The Morgan fingerprint density at radius 3 is 2.92 bits per heavy atom. The van der Waals surface area contributed by atoms with Gasteiger partial charge in [-0.05, 0) is 25.2 Å². The first-order valence-corrected chi connectivity index (χ1v) is 4.50. The molecule has 0 aromatic carbocycles. The molecular weight excluding hydrogens is 156 g/mol. The zero-order chi connectivity index (χ0) is 8.97. The van der Waals surface area contributed by atoms with Gasteiger partial charge in [0.2, 0.25) is 0 Å². The summed E-state index contributed by atoms with van der Waals surface area (Å²) in [5, 5.41) is 9.30. The third-order valence-electron chi connectivity index (χ3n) is 2.28. The smallest absolute Gasteiger partial charge is 0.302 e. The van der Waals surface area contributed by atoms with Crippen molar-refractivity contribution in [2.24, 2.45) is 5.92 Å². The average Bonchev–Trinajstić information content (AvgIpc) is 2.01. The molecule has 1 N–H and O–H groups in total. The predicted molar refractivity (Wildman–Crippen MR) is 44.6 cm³/mol. The molecule has 70 valence electrons. The Morgan fingerprint density at radius 2 is 2.33 bits per heavy atom. The van der Waals surface area contributed by atoms with E-state index in [1.807, 2.05) is 0 Å². The minimum absolute atomic E-state index is 0.181. The molecule has 3 nitrogen and oxygen atoms in total. The standard InChI is InChI=1S/C9H16O3/c1-7(10)12-6-8-3-2-4-9(11)5-8/h8-9,11H,2-6H2,1H3/t8-,9+/m0/s1. The monoisotopic (exact) mass is 172 g/mol. The molecule has 12 heavy (non-hydrogen) atoms. The Labute approximate surface area is 72.7 Å². The number of hydrogen-bond acceptors (Lipinski definition) is 3. The number of aliphatic hydroxyl groups is 1. The second-order valence-electron chi connectivity index (χ2n) is 3.49. The van der Waals surface area contributed by atoms with Gasteiger partial charge in [-0.2, -0.15) is 0 Å². The number of hydrogen-bond donors (Lipinski definition) is 1. The van der Waals surface area contributed by atoms with E-state index in [9.17, 15) is 9.90 Å². The number of carbonyl (C=O) groups is 1. The van der Waals surface area contributed by atoms with E-state index in [1.165, 1.54) is 6.92 Å². The van der Waals surface area contributed by atoms with Crippen molar-refractivity contribution in [3.8, 4) is 0 Å². The minimum atomic E-state index is -0.227. The van der Waals surface area contributed by atoms with Crippen molar-refractivity contribution >= 4 is 5.97 Å². The molecule has 0 aromatic rings. The summed E-state index contributed by atoms with van der Waals surface area (Å²) in [6.07, 6.45) is 3.63. The van der Waals surface area contributed by atoms with Crippen LogP contribution in [0.2, 0.25) is 0 Å². The molecule has 0 unspecified atom stereocenters. The van der Waals surface area contributed by atoms with Crippen LogP contribution in [0.5, 0.6) is 0 Å². The molecule has 0 aromatic heterocycles. The Morgan fingerprint density at radius 1 is 1.58 bits per heavy atom. The average molecular weight is 172 g/mol. The maximum Gasteiger partial charge on any atom is 0.302 e. The van der Waals surface area contributed by atoms with E-state index in [1.54, 1.807) is 0 Å². The van der Waals surface area contributed by atoms with Crippen LogP contribution in [-0.2, 0) is 9.53 Å². The van der Waals surface area contributed by atoms with Gasteiger partial charge >= 0.3 is 5.97 Å². The largest absolute Gasteiger partial charge is 0.466 e. The lowest BCUT2D eigenvalue weighted by Gasteiger charge is -2.24. The van der Waals surface area contributed by atoms with Gasteiger partial charge in [0.15, 0.2) is 0 Å². The third-order valence-corrected chi connectivity index (χ3v) is 2.28.